The Kier molecular flexibility index (Phi) is 5.51. The summed E-state index contributed by atoms with van der Waals surface area (Å²) in [6, 6.07) is 3.35. The van der Waals surface area contributed by atoms with Gasteiger partial charge in [0, 0.05) is 6.61 Å². The lowest BCUT2D eigenvalue weighted by atomic mass is 9.78. The predicted octanol–water partition coefficient (Wildman–Crippen LogP) is 3.27. The van der Waals surface area contributed by atoms with Crippen molar-refractivity contribution in [3.05, 3.63) is 17.7 Å². The van der Waals surface area contributed by atoms with Crippen LogP contribution in [-0.2, 0) is 4.74 Å². The van der Waals surface area contributed by atoms with Crippen molar-refractivity contribution in [2.75, 3.05) is 12.3 Å². The van der Waals surface area contributed by atoms with Crippen LogP contribution in [0.25, 0.3) is 0 Å². The third-order valence-electron chi connectivity index (χ3n) is 5.73. The van der Waals surface area contributed by atoms with E-state index in [0.29, 0.717) is 23.6 Å². The Morgan fingerprint density at radius 2 is 1.62 bits per heavy atom. The highest BCUT2D eigenvalue weighted by molar-refractivity contribution is 5.64. The third-order valence-corrected chi connectivity index (χ3v) is 5.73. The minimum atomic E-state index is -0.197. The van der Waals surface area contributed by atoms with Crippen molar-refractivity contribution in [3.8, 4) is 11.5 Å². The summed E-state index contributed by atoms with van der Waals surface area (Å²) in [5, 5.41) is 28.9. The highest BCUT2D eigenvalue weighted by atomic mass is 16.5. The molecule has 0 aromatic heterocycles. The fourth-order valence-electron chi connectivity index (χ4n) is 4.09. The van der Waals surface area contributed by atoms with Crippen molar-refractivity contribution < 1.29 is 20.1 Å². The van der Waals surface area contributed by atoms with Crippen LogP contribution in [-0.4, -0.2) is 34.1 Å². The Labute approximate surface area is 143 Å². The van der Waals surface area contributed by atoms with Gasteiger partial charge in [-0.1, -0.05) is 6.07 Å². The van der Waals surface area contributed by atoms with Gasteiger partial charge in [0.1, 0.15) is 0 Å². The Morgan fingerprint density at radius 3 is 2.29 bits per heavy atom. The minimum Gasteiger partial charge on any atom is -0.504 e. The van der Waals surface area contributed by atoms with Crippen LogP contribution in [0.2, 0.25) is 0 Å². The maximum Gasteiger partial charge on any atom is 0.181 e. The summed E-state index contributed by atoms with van der Waals surface area (Å²) in [6.07, 6.45) is 8.12. The molecule has 2 fully saturated rings. The van der Waals surface area contributed by atoms with Gasteiger partial charge in [-0.25, -0.2) is 0 Å². The summed E-state index contributed by atoms with van der Waals surface area (Å²) in [4.78, 5) is 0. The standard InChI is InChI=1S/C19H29NO4/c20-18-16(9-10-17(22)19(18)23)13-3-1-12(2-4-13)11-24-15-7-5-14(21)6-8-15/h9-10,12-15,21-23H,1-8,11,20H2. The van der Waals surface area contributed by atoms with Crippen LogP contribution in [0.5, 0.6) is 11.5 Å². The first-order chi connectivity index (χ1) is 11.5. The summed E-state index contributed by atoms with van der Waals surface area (Å²) in [6.45, 7) is 0.809. The fraction of sp³-hybridized carbons (Fsp3) is 0.684. The second-order valence-corrected chi connectivity index (χ2v) is 7.42. The number of anilines is 1. The second kappa shape index (κ2) is 7.62. The predicted molar refractivity (Wildman–Crippen MR) is 93.1 cm³/mol. The molecule has 3 rings (SSSR count). The molecule has 1 aromatic rings. The maximum absolute atomic E-state index is 9.80. The zero-order chi connectivity index (χ0) is 17.1. The average Bonchev–Trinajstić information content (AvgIpc) is 2.60. The number of hydrogen-bond acceptors (Lipinski definition) is 5. The molecule has 5 N–H and O–H groups in total. The number of phenolic OH excluding ortho intramolecular Hbond substituents is 2. The summed E-state index contributed by atoms with van der Waals surface area (Å²) in [5.41, 5.74) is 7.23. The molecule has 2 saturated carbocycles. The van der Waals surface area contributed by atoms with Crippen molar-refractivity contribution in [1.82, 2.24) is 0 Å². The molecule has 0 spiro atoms. The van der Waals surface area contributed by atoms with E-state index in [4.69, 9.17) is 10.5 Å². The van der Waals surface area contributed by atoms with E-state index in [1.165, 1.54) is 6.07 Å². The summed E-state index contributed by atoms with van der Waals surface area (Å²) >= 11 is 0. The monoisotopic (exact) mass is 335 g/mol. The number of aromatic hydroxyl groups is 2. The van der Waals surface area contributed by atoms with Crippen molar-refractivity contribution in [3.63, 3.8) is 0 Å². The number of benzene rings is 1. The molecule has 0 radical (unpaired) electrons. The first-order valence-electron chi connectivity index (χ1n) is 9.14. The Hall–Kier alpha value is -1.46. The highest BCUT2D eigenvalue weighted by Crippen LogP contribution is 2.43. The van der Waals surface area contributed by atoms with Gasteiger partial charge < -0.3 is 25.8 Å². The Balaban J connectivity index is 1.47. The Morgan fingerprint density at radius 1 is 0.958 bits per heavy atom. The van der Waals surface area contributed by atoms with Crippen LogP contribution >= 0.6 is 0 Å². The largest absolute Gasteiger partial charge is 0.504 e. The van der Waals surface area contributed by atoms with Crippen LogP contribution in [0.15, 0.2) is 12.1 Å². The van der Waals surface area contributed by atoms with Crippen LogP contribution in [0, 0.1) is 5.92 Å². The summed E-state index contributed by atoms with van der Waals surface area (Å²) in [7, 11) is 0. The van der Waals surface area contributed by atoms with Crippen molar-refractivity contribution in [2.45, 2.75) is 69.5 Å². The Bertz CT molecular complexity index is 547. The molecular formula is C19H29NO4. The normalized spacial score (nSPS) is 31.0. The summed E-state index contributed by atoms with van der Waals surface area (Å²) < 4.78 is 6.06. The first-order valence-corrected chi connectivity index (χ1v) is 9.14. The lowest BCUT2D eigenvalue weighted by Crippen LogP contribution is -2.27. The number of rotatable bonds is 4. The maximum atomic E-state index is 9.80. The van der Waals surface area contributed by atoms with Crippen LogP contribution in [0.4, 0.5) is 5.69 Å². The molecule has 0 saturated heterocycles. The molecule has 5 nitrogen and oxygen atoms in total. The number of nitrogen functional groups attached to an aromatic ring is 1. The second-order valence-electron chi connectivity index (χ2n) is 7.42. The average molecular weight is 335 g/mol. The van der Waals surface area contributed by atoms with Gasteiger partial charge >= 0.3 is 0 Å². The highest BCUT2D eigenvalue weighted by Gasteiger charge is 2.27. The quantitative estimate of drug-likeness (QED) is 0.500. The van der Waals surface area contributed by atoms with Crippen molar-refractivity contribution in [2.24, 2.45) is 5.92 Å². The molecule has 5 heteroatoms. The van der Waals surface area contributed by atoms with E-state index in [1.54, 1.807) is 0 Å². The minimum absolute atomic E-state index is 0.132. The number of phenols is 2. The van der Waals surface area contributed by atoms with E-state index in [1.807, 2.05) is 6.07 Å². The number of aliphatic hydroxyl groups is 1. The van der Waals surface area contributed by atoms with Crippen LogP contribution in [0.3, 0.4) is 0 Å². The fourth-order valence-corrected chi connectivity index (χ4v) is 4.09. The molecule has 0 heterocycles. The molecule has 1 aromatic carbocycles. The summed E-state index contributed by atoms with van der Waals surface area (Å²) in [5.74, 6) is 0.575. The smallest absolute Gasteiger partial charge is 0.181 e. The van der Waals surface area contributed by atoms with E-state index < -0.39 is 0 Å². The molecule has 134 valence electrons. The first kappa shape index (κ1) is 17.4. The van der Waals surface area contributed by atoms with Gasteiger partial charge in [-0.05, 0) is 74.8 Å². The van der Waals surface area contributed by atoms with Gasteiger partial charge in [-0.15, -0.1) is 0 Å². The van der Waals surface area contributed by atoms with Gasteiger partial charge in [0.05, 0.1) is 17.9 Å². The molecule has 0 atom stereocenters. The molecule has 0 unspecified atom stereocenters. The van der Waals surface area contributed by atoms with E-state index in [2.05, 4.69) is 0 Å². The third kappa shape index (κ3) is 3.95. The number of hydrogen-bond donors (Lipinski definition) is 4. The molecule has 2 aliphatic carbocycles. The molecular weight excluding hydrogens is 306 g/mol. The van der Waals surface area contributed by atoms with Crippen LogP contribution < -0.4 is 5.73 Å². The topological polar surface area (TPSA) is 95.9 Å². The molecule has 24 heavy (non-hydrogen) atoms. The number of nitrogens with two attached hydrogens (primary N) is 1. The van der Waals surface area contributed by atoms with Gasteiger partial charge in [0.2, 0.25) is 0 Å². The van der Waals surface area contributed by atoms with Gasteiger partial charge in [-0.3, -0.25) is 0 Å². The molecule has 0 aliphatic heterocycles. The van der Waals surface area contributed by atoms with E-state index >= 15 is 0 Å². The van der Waals surface area contributed by atoms with Gasteiger partial charge in [0.25, 0.3) is 0 Å². The number of ether oxygens (including phenoxy) is 1. The number of aliphatic hydroxyl groups excluding tert-OH is 1. The van der Waals surface area contributed by atoms with Gasteiger partial charge in [-0.2, -0.15) is 0 Å². The van der Waals surface area contributed by atoms with Crippen molar-refractivity contribution >= 4 is 5.69 Å². The van der Waals surface area contributed by atoms with E-state index in [0.717, 1.165) is 63.5 Å². The van der Waals surface area contributed by atoms with Gasteiger partial charge in [0.15, 0.2) is 11.5 Å². The molecule has 0 bridgehead atoms. The molecule has 0 amide bonds. The zero-order valence-electron chi connectivity index (χ0n) is 14.2. The van der Waals surface area contributed by atoms with Crippen LogP contribution in [0.1, 0.15) is 62.8 Å². The molecule has 2 aliphatic rings. The van der Waals surface area contributed by atoms with E-state index in [9.17, 15) is 15.3 Å². The SMILES string of the molecule is Nc1c(C2CCC(COC3CCC(O)CC3)CC2)ccc(O)c1O. The zero-order valence-corrected chi connectivity index (χ0v) is 14.2. The van der Waals surface area contributed by atoms with E-state index in [-0.39, 0.29) is 17.6 Å². The lowest BCUT2D eigenvalue weighted by Gasteiger charge is -2.32. The van der Waals surface area contributed by atoms with Crippen molar-refractivity contribution in [1.29, 1.82) is 0 Å². The lowest BCUT2D eigenvalue weighted by molar-refractivity contribution is -0.0226.